The van der Waals surface area contributed by atoms with Crippen LogP contribution in [0.2, 0.25) is 0 Å². The summed E-state index contributed by atoms with van der Waals surface area (Å²) >= 11 is 0. The molecule has 2 heterocycles. The molecule has 0 saturated carbocycles. The number of hydrogen-bond acceptors (Lipinski definition) is 5. The van der Waals surface area contributed by atoms with Gasteiger partial charge in [0, 0.05) is 44.0 Å². The highest BCUT2D eigenvalue weighted by atomic mass is 19.1. The van der Waals surface area contributed by atoms with Crippen LogP contribution in [0, 0.1) is 12.4 Å². The fourth-order valence-electron chi connectivity index (χ4n) is 3.46. The second-order valence-corrected chi connectivity index (χ2v) is 6.95. The molecule has 0 amide bonds. The van der Waals surface area contributed by atoms with Crippen molar-refractivity contribution in [3.05, 3.63) is 59.9 Å². The van der Waals surface area contributed by atoms with Crippen molar-refractivity contribution in [3.8, 4) is 11.1 Å². The number of halogens is 1. The number of nitrogens with zero attached hydrogens (tertiary/aromatic N) is 3. The van der Waals surface area contributed by atoms with E-state index in [0.717, 1.165) is 60.7 Å². The largest absolute Gasteiger partial charge is 0.370 e. The van der Waals surface area contributed by atoms with Gasteiger partial charge in [0.25, 0.3) is 0 Å². The molecule has 4 rings (SSSR count). The van der Waals surface area contributed by atoms with Crippen molar-refractivity contribution in [2.45, 2.75) is 6.54 Å². The number of benzene rings is 2. The van der Waals surface area contributed by atoms with Gasteiger partial charge in [0.05, 0.1) is 0 Å². The summed E-state index contributed by atoms with van der Waals surface area (Å²) in [4.78, 5) is 8.88. The number of anilines is 1. The van der Waals surface area contributed by atoms with Crippen LogP contribution in [0.3, 0.4) is 0 Å². The predicted octanol–water partition coefficient (Wildman–Crippen LogP) is 2.49. The first-order chi connectivity index (χ1) is 12.6. The molecule has 2 aromatic rings. The highest BCUT2D eigenvalue weighted by Crippen LogP contribution is 2.31. The zero-order valence-electron chi connectivity index (χ0n) is 14.9. The normalized spacial score (nSPS) is 18.2. The van der Waals surface area contributed by atoms with E-state index in [4.69, 9.17) is 5.73 Å². The molecular weight excluding hydrogens is 329 g/mol. The van der Waals surface area contributed by atoms with E-state index in [9.17, 15) is 4.39 Å². The SMILES string of the molecule is CN1CCN(Cc2ccc(F)cc2-c2ccc3c(c2)[CH]N=C(N)N3)CC1. The van der Waals surface area contributed by atoms with E-state index in [2.05, 4.69) is 27.2 Å². The summed E-state index contributed by atoms with van der Waals surface area (Å²) in [5, 5.41) is 3.04. The first-order valence-corrected chi connectivity index (χ1v) is 8.86. The lowest BCUT2D eigenvalue weighted by Crippen LogP contribution is -2.43. The van der Waals surface area contributed by atoms with E-state index in [1.54, 1.807) is 18.7 Å². The van der Waals surface area contributed by atoms with Gasteiger partial charge in [-0.25, -0.2) is 9.38 Å². The van der Waals surface area contributed by atoms with Crippen LogP contribution < -0.4 is 11.1 Å². The van der Waals surface area contributed by atoms with E-state index < -0.39 is 0 Å². The first kappa shape index (κ1) is 17.0. The molecule has 5 nitrogen and oxygen atoms in total. The molecule has 26 heavy (non-hydrogen) atoms. The molecule has 0 aromatic heterocycles. The van der Waals surface area contributed by atoms with Gasteiger partial charge in [-0.2, -0.15) is 0 Å². The summed E-state index contributed by atoms with van der Waals surface area (Å²) in [5.74, 6) is 0.163. The molecule has 1 fully saturated rings. The number of nitrogens with two attached hydrogens (primary N) is 1. The third-order valence-corrected chi connectivity index (χ3v) is 5.03. The second kappa shape index (κ2) is 7.05. The van der Waals surface area contributed by atoms with E-state index in [1.165, 1.54) is 0 Å². The molecule has 0 aliphatic carbocycles. The second-order valence-electron chi connectivity index (χ2n) is 6.95. The van der Waals surface area contributed by atoms with Gasteiger partial charge in [-0.3, -0.25) is 4.90 Å². The highest BCUT2D eigenvalue weighted by Gasteiger charge is 2.17. The summed E-state index contributed by atoms with van der Waals surface area (Å²) < 4.78 is 14.0. The van der Waals surface area contributed by atoms with E-state index in [1.807, 2.05) is 24.3 Å². The summed E-state index contributed by atoms with van der Waals surface area (Å²) in [6.07, 6.45) is 0. The molecule has 2 aliphatic heterocycles. The Morgan fingerprint density at radius 2 is 1.92 bits per heavy atom. The Balaban J connectivity index is 1.63. The first-order valence-electron chi connectivity index (χ1n) is 8.86. The molecule has 0 unspecified atom stereocenters. The number of hydrogen-bond donors (Lipinski definition) is 2. The van der Waals surface area contributed by atoms with Crippen molar-refractivity contribution >= 4 is 11.6 Å². The Morgan fingerprint density at radius 3 is 2.73 bits per heavy atom. The Morgan fingerprint density at radius 1 is 1.12 bits per heavy atom. The van der Waals surface area contributed by atoms with Gasteiger partial charge in [0.1, 0.15) is 12.4 Å². The van der Waals surface area contributed by atoms with Crippen molar-refractivity contribution in [1.29, 1.82) is 0 Å². The average molecular weight is 352 g/mol. The molecule has 2 aromatic carbocycles. The lowest BCUT2D eigenvalue weighted by atomic mass is 9.96. The molecule has 2 aliphatic rings. The molecule has 1 radical (unpaired) electrons. The van der Waals surface area contributed by atoms with Crippen LogP contribution in [0.4, 0.5) is 10.1 Å². The van der Waals surface area contributed by atoms with Crippen LogP contribution in [-0.2, 0) is 6.54 Å². The zero-order valence-corrected chi connectivity index (χ0v) is 14.9. The van der Waals surface area contributed by atoms with Crippen LogP contribution in [0.1, 0.15) is 11.1 Å². The van der Waals surface area contributed by atoms with Gasteiger partial charge in [-0.15, -0.1) is 0 Å². The van der Waals surface area contributed by atoms with E-state index in [-0.39, 0.29) is 5.82 Å². The van der Waals surface area contributed by atoms with Crippen LogP contribution in [0.25, 0.3) is 11.1 Å². The summed E-state index contributed by atoms with van der Waals surface area (Å²) in [5.41, 5.74) is 10.6. The topological polar surface area (TPSA) is 56.9 Å². The summed E-state index contributed by atoms with van der Waals surface area (Å²) in [7, 11) is 2.15. The maximum Gasteiger partial charge on any atom is 0.193 e. The number of piperazine rings is 1. The Kier molecular flexibility index (Phi) is 4.61. The van der Waals surface area contributed by atoms with Crippen LogP contribution >= 0.6 is 0 Å². The third kappa shape index (κ3) is 3.57. The average Bonchev–Trinajstić information content (AvgIpc) is 2.64. The fourth-order valence-corrected chi connectivity index (χ4v) is 3.46. The zero-order chi connectivity index (χ0) is 18.1. The Hall–Kier alpha value is -2.44. The molecule has 6 heteroatoms. The minimum absolute atomic E-state index is 0.218. The number of nitrogens with one attached hydrogen (secondary N) is 1. The van der Waals surface area contributed by atoms with Crippen LogP contribution in [0.15, 0.2) is 41.4 Å². The molecule has 135 valence electrons. The van der Waals surface area contributed by atoms with Gasteiger partial charge in [-0.1, -0.05) is 12.1 Å². The highest BCUT2D eigenvalue weighted by molar-refractivity contribution is 5.96. The molecule has 1 saturated heterocycles. The third-order valence-electron chi connectivity index (χ3n) is 5.03. The van der Waals surface area contributed by atoms with Gasteiger partial charge in [-0.05, 0) is 48.0 Å². The van der Waals surface area contributed by atoms with Gasteiger partial charge in [0.2, 0.25) is 0 Å². The van der Waals surface area contributed by atoms with Gasteiger partial charge in [0.15, 0.2) is 5.96 Å². The van der Waals surface area contributed by atoms with Crippen LogP contribution in [0.5, 0.6) is 0 Å². The fraction of sp³-hybridized carbons (Fsp3) is 0.300. The Labute approximate surface area is 153 Å². The van der Waals surface area contributed by atoms with Crippen molar-refractivity contribution < 1.29 is 4.39 Å². The van der Waals surface area contributed by atoms with Gasteiger partial charge >= 0.3 is 0 Å². The number of aliphatic imine (C=N–C) groups is 1. The van der Waals surface area contributed by atoms with Gasteiger partial charge < -0.3 is 16.0 Å². The van der Waals surface area contributed by atoms with Crippen molar-refractivity contribution in [2.75, 3.05) is 38.5 Å². The van der Waals surface area contributed by atoms with Crippen molar-refractivity contribution in [1.82, 2.24) is 9.80 Å². The molecular formula is C20H23FN5. The van der Waals surface area contributed by atoms with E-state index >= 15 is 0 Å². The van der Waals surface area contributed by atoms with Crippen molar-refractivity contribution in [3.63, 3.8) is 0 Å². The Bertz CT molecular complexity index is 840. The smallest absolute Gasteiger partial charge is 0.193 e. The summed E-state index contributed by atoms with van der Waals surface area (Å²) in [6.45, 7) is 6.76. The predicted molar refractivity (Wildman–Crippen MR) is 103 cm³/mol. The molecule has 0 bridgehead atoms. The number of fused-ring (bicyclic) bond motifs is 1. The molecule has 0 spiro atoms. The maximum atomic E-state index is 14.0. The standard InChI is InChI=1S/C20H23FN5/c1-25-6-8-26(9-7-25)13-15-2-4-17(21)11-18(15)14-3-5-19-16(10-14)12-23-20(22)24-19/h2-5,10-12H,6-9,13H2,1H3,(H3,22,23,24). The maximum absolute atomic E-state index is 14.0. The molecule has 0 atom stereocenters. The monoisotopic (exact) mass is 352 g/mol. The lowest BCUT2D eigenvalue weighted by molar-refractivity contribution is 0.148. The lowest BCUT2D eigenvalue weighted by Gasteiger charge is -2.32. The molecule has 3 N–H and O–H groups in total. The van der Waals surface area contributed by atoms with E-state index in [0.29, 0.717) is 5.96 Å². The van der Waals surface area contributed by atoms with Crippen LogP contribution in [-0.4, -0.2) is 49.0 Å². The number of rotatable bonds is 3. The minimum Gasteiger partial charge on any atom is -0.370 e. The van der Waals surface area contributed by atoms with Crippen molar-refractivity contribution in [2.24, 2.45) is 10.7 Å². The summed E-state index contributed by atoms with van der Waals surface area (Å²) in [6, 6.07) is 11.1. The number of guanidine groups is 1. The quantitative estimate of drug-likeness (QED) is 0.891. The number of likely N-dealkylation sites (N-methyl/N-ethyl adjacent to an activating group) is 1. The minimum atomic E-state index is -0.218.